The van der Waals surface area contributed by atoms with Crippen molar-refractivity contribution in [1.29, 1.82) is 5.41 Å². The smallest absolute Gasteiger partial charge is 0.0960 e. The molecular weight excluding hydrogens is 172 g/mol. The van der Waals surface area contributed by atoms with Crippen LogP contribution in [-0.4, -0.2) is 23.3 Å². The van der Waals surface area contributed by atoms with Crippen LogP contribution in [0.3, 0.4) is 0 Å². The zero-order valence-electron chi connectivity index (χ0n) is 9.68. The highest BCUT2D eigenvalue weighted by molar-refractivity contribution is 5.81. The fourth-order valence-corrected chi connectivity index (χ4v) is 2.33. The first kappa shape index (κ1) is 11.5. The van der Waals surface area contributed by atoms with Crippen LogP contribution in [0.4, 0.5) is 0 Å². The van der Waals surface area contributed by atoms with Crippen LogP contribution < -0.4 is 0 Å². The van der Waals surface area contributed by atoms with Crippen LogP contribution in [0.2, 0.25) is 0 Å². The second kappa shape index (κ2) is 6.05. The van der Waals surface area contributed by atoms with E-state index in [9.17, 15) is 0 Å². The van der Waals surface area contributed by atoms with Crippen molar-refractivity contribution in [2.75, 3.05) is 6.54 Å². The van der Waals surface area contributed by atoms with Crippen molar-refractivity contribution in [2.45, 2.75) is 64.8 Å². The third kappa shape index (κ3) is 3.00. The van der Waals surface area contributed by atoms with E-state index in [1.54, 1.807) is 0 Å². The summed E-state index contributed by atoms with van der Waals surface area (Å²) in [5.41, 5.74) is 0. The van der Waals surface area contributed by atoms with Gasteiger partial charge in [-0.1, -0.05) is 33.1 Å². The molecule has 0 aromatic rings. The maximum atomic E-state index is 7.88. The quantitative estimate of drug-likeness (QED) is 0.692. The molecule has 0 bridgehead atoms. The molecule has 0 radical (unpaired) electrons. The Morgan fingerprint density at radius 2 is 2.07 bits per heavy atom. The number of hydrogen-bond acceptors (Lipinski definition) is 1. The lowest BCUT2D eigenvalue weighted by Crippen LogP contribution is -2.35. The summed E-state index contributed by atoms with van der Waals surface area (Å²) in [7, 11) is 0. The van der Waals surface area contributed by atoms with Crippen LogP contribution >= 0.6 is 0 Å². The molecule has 82 valence electrons. The highest BCUT2D eigenvalue weighted by atomic mass is 15.2. The molecule has 2 heteroatoms. The van der Waals surface area contributed by atoms with E-state index < -0.39 is 0 Å². The number of hydrogen-bond donors (Lipinski definition) is 1. The Morgan fingerprint density at radius 3 is 2.57 bits per heavy atom. The van der Waals surface area contributed by atoms with Crippen LogP contribution in [0.15, 0.2) is 0 Å². The van der Waals surface area contributed by atoms with Crippen molar-refractivity contribution in [3.8, 4) is 0 Å². The van der Waals surface area contributed by atoms with Crippen molar-refractivity contribution in [1.82, 2.24) is 4.90 Å². The molecule has 1 saturated heterocycles. The van der Waals surface area contributed by atoms with E-state index in [4.69, 9.17) is 5.41 Å². The Balaban J connectivity index is 2.43. The zero-order chi connectivity index (χ0) is 10.4. The molecule has 1 unspecified atom stereocenters. The summed E-state index contributed by atoms with van der Waals surface area (Å²) >= 11 is 0. The van der Waals surface area contributed by atoms with E-state index in [0.29, 0.717) is 6.04 Å². The van der Waals surface area contributed by atoms with Gasteiger partial charge in [0, 0.05) is 19.0 Å². The molecule has 0 amide bonds. The summed E-state index contributed by atoms with van der Waals surface area (Å²) in [4.78, 5) is 2.35. The van der Waals surface area contributed by atoms with Gasteiger partial charge in [0.25, 0.3) is 0 Å². The predicted octanol–water partition coefficient (Wildman–Crippen LogP) is 3.42. The highest BCUT2D eigenvalue weighted by Crippen LogP contribution is 2.21. The first-order valence-electron chi connectivity index (χ1n) is 6.13. The molecule has 1 heterocycles. The summed E-state index contributed by atoms with van der Waals surface area (Å²) in [5.74, 6) is 0.888. The molecule has 1 N–H and O–H groups in total. The van der Waals surface area contributed by atoms with Crippen molar-refractivity contribution in [2.24, 2.45) is 0 Å². The van der Waals surface area contributed by atoms with Crippen molar-refractivity contribution < 1.29 is 0 Å². The van der Waals surface area contributed by atoms with Crippen LogP contribution in [0.1, 0.15) is 58.8 Å². The molecule has 1 atom stereocenters. The van der Waals surface area contributed by atoms with Crippen molar-refractivity contribution in [3.63, 3.8) is 0 Å². The van der Waals surface area contributed by atoms with E-state index in [1.807, 2.05) is 0 Å². The molecule has 0 saturated carbocycles. The number of rotatable bonds is 6. The normalized spacial score (nSPS) is 19.0. The summed E-state index contributed by atoms with van der Waals surface area (Å²) in [6.07, 6.45) is 8.60. The minimum absolute atomic E-state index is 0.662. The first-order chi connectivity index (χ1) is 6.79. The molecular formula is C12H24N2. The van der Waals surface area contributed by atoms with E-state index in [0.717, 1.165) is 18.8 Å². The number of unbranched alkanes of at least 4 members (excludes halogenated alkanes) is 1. The highest BCUT2D eigenvalue weighted by Gasteiger charge is 2.23. The fraction of sp³-hybridized carbons (Fsp3) is 0.917. The molecule has 14 heavy (non-hydrogen) atoms. The minimum Gasteiger partial charge on any atom is -0.358 e. The molecule has 0 spiro atoms. The molecule has 0 aromatic carbocycles. The standard InChI is InChI=1S/C12H24N2/c1-3-5-8-11(7-4-2)14-10-6-9-12(14)13/h11,13H,3-10H2,1-2H3. The minimum atomic E-state index is 0.662. The second-order valence-corrected chi connectivity index (χ2v) is 4.33. The summed E-state index contributed by atoms with van der Waals surface area (Å²) in [6.45, 7) is 5.63. The zero-order valence-corrected chi connectivity index (χ0v) is 9.68. The van der Waals surface area contributed by atoms with Gasteiger partial charge in [0.2, 0.25) is 0 Å². The van der Waals surface area contributed by atoms with Gasteiger partial charge in [0.15, 0.2) is 0 Å². The van der Waals surface area contributed by atoms with Gasteiger partial charge in [-0.2, -0.15) is 0 Å². The van der Waals surface area contributed by atoms with Gasteiger partial charge in [-0.25, -0.2) is 0 Å². The summed E-state index contributed by atoms with van der Waals surface area (Å²) in [6, 6.07) is 0.662. The molecule has 1 aliphatic rings. The van der Waals surface area contributed by atoms with Crippen LogP contribution in [0.25, 0.3) is 0 Å². The first-order valence-corrected chi connectivity index (χ1v) is 6.13. The lowest BCUT2D eigenvalue weighted by molar-refractivity contribution is 0.290. The Labute approximate surface area is 88.2 Å². The average Bonchev–Trinajstić information content (AvgIpc) is 2.59. The molecule has 2 nitrogen and oxygen atoms in total. The lowest BCUT2D eigenvalue weighted by atomic mass is 10.0. The van der Waals surface area contributed by atoms with Gasteiger partial charge in [-0.05, 0) is 19.3 Å². The van der Waals surface area contributed by atoms with E-state index in [1.165, 1.54) is 38.5 Å². The number of amidine groups is 1. The topological polar surface area (TPSA) is 27.1 Å². The SMILES string of the molecule is CCCCC(CCC)N1CCCC1=N. The van der Waals surface area contributed by atoms with Gasteiger partial charge in [0.1, 0.15) is 0 Å². The Kier molecular flexibility index (Phi) is 4.99. The Hall–Kier alpha value is -0.530. The van der Waals surface area contributed by atoms with Crippen LogP contribution in [0, 0.1) is 5.41 Å². The number of nitrogens with one attached hydrogen (secondary N) is 1. The van der Waals surface area contributed by atoms with Gasteiger partial charge in [0.05, 0.1) is 5.84 Å². The number of likely N-dealkylation sites (tertiary alicyclic amines) is 1. The third-order valence-electron chi connectivity index (χ3n) is 3.11. The van der Waals surface area contributed by atoms with E-state index in [2.05, 4.69) is 18.7 Å². The average molecular weight is 196 g/mol. The molecule has 1 fully saturated rings. The molecule has 0 aromatic heterocycles. The van der Waals surface area contributed by atoms with Gasteiger partial charge in [-0.3, -0.25) is 5.41 Å². The number of nitrogens with zero attached hydrogens (tertiary/aromatic N) is 1. The fourth-order valence-electron chi connectivity index (χ4n) is 2.33. The summed E-state index contributed by atoms with van der Waals surface area (Å²) in [5, 5.41) is 7.88. The predicted molar refractivity (Wildman–Crippen MR) is 61.9 cm³/mol. The maximum absolute atomic E-state index is 7.88. The Bertz CT molecular complexity index is 177. The van der Waals surface area contributed by atoms with Crippen molar-refractivity contribution >= 4 is 5.84 Å². The summed E-state index contributed by atoms with van der Waals surface area (Å²) < 4.78 is 0. The van der Waals surface area contributed by atoms with Crippen LogP contribution in [0.5, 0.6) is 0 Å². The van der Waals surface area contributed by atoms with Gasteiger partial charge in [-0.15, -0.1) is 0 Å². The monoisotopic (exact) mass is 196 g/mol. The molecule has 1 rings (SSSR count). The third-order valence-corrected chi connectivity index (χ3v) is 3.11. The maximum Gasteiger partial charge on any atom is 0.0960 e. The van der Waals surface area contributed by atoms with Gasteiger partial charge < -0.3 is 4.90 Å². The van der Waals surface area contributed by atoms with Crippen molar-refractivity contribution in [3.05, 3.63) is 0 Å². The lowest BCUT2D eigenvalue weighted by Gasteiger charge is -2.29. The largest absolute Gasteiger partial charge is 0.358 e. The second-order valence-electron chi connectivity index (χ2n) is 4.33. The molecule has 0 aliphatic carbocycles. The van der Waals surface area contributed by atoms with Crippen LogP contribution in [-0.2, 0) is 0 Å². The molecule has 1 aliphatic heterocycles. The van der Waals surface area contributed by atoms with E-state index >= 15 is 0 Å². The Morgan fingerprint density at radius 1 is 1.29 bits per heavy atom. The van der Waals surface area contributed by atoms with Gasteiger partial charge >= 0.3 is 0 Å². The van der Waals surface area contributed by atoms with E-state index in [-0.39, 0.29) is 0 Å².